The van der Waals surface area contributed by atoms with Crippen LogP contribution in [0.25, 0.3) is 0 Å². The molecule has 0 unspecified atom stereocenters. The molecule has 0 saturated carbocycles. The number of hydrogen-bond acceptors (Lipinski definition) is 2. The largest absolute Gasteiger partial charge is 0.513 e. The monoisotopic (exact) mass is 237 g/mol. The minimum Gasteiger partial charge on any atom is -0.513 e. The summed E-state index contributed by atoms with van der Waals surface area (Å²) in [4.78, 5) is 2.20. The van der Waals surface area contributed by atoms with E-state index in [2.05, 4.69) is 45.2 Å². The highest BCUT2D eigenvalue weighted by molar-refractivity contribution is 5.12. The molecule has 0 fully saturated rings. The van der Waals surface area contributed by atoms with Gasteiger partial charge < -0.3 is 10.0 Å². The molecule has 98 valence electrons. The predicted molar refractivity (Wildman–Crippen MR) is 76.1 cm³/mol. The third-order valence-electron chi connectivity index (χ3n) is 2.83. The minimum atomic E-state index is 0.273. The standard InChI is InChI=1S/C15H27NO/c1-6-15(12-16(5)7-2)11-13(3)9-8-10-14(4)17/h12,17H,3-4,6-11H2,1-2,5H3/b15-12-. The number of allylic oxidation sites excluding steroid dienone is 3. The van der Waals surface area contributed by atoms with Crippen molar-refractivity contribution in [3.05, 3.63) is 36.3 Å². The summed E-state index contributed by atoms with van der Waals surface area (Å²) in [5, 5.41) is 9.00. The zero-order valence-corrected chi connectivity index (χ0v) is 11.6. The van der Waals surface area contributed by atoms with Crippen LogP contribution in [0, 0.1) is 0 Å². The van der Waals surface area contributed by atoms with E-state index < -0.39 is 0 Å². The van der Waals surface area contributed by atoms with Crippen molar-refractivity contribution in [3.63, 3.8) is 0 Å². The van der Waals surface area contributed by atoms with E-state index in [9.17, 15) is 0 Å². The van der Waals surface area contributed by atoms with Crippen LogP contribution in [0.3, 0.4) is 0 Å². The van der Waals surface area contributed by atoms with E-state index in [1.807, 2.05) is 0 Å². The normalized spacial score (nSPS) is 11.4. The van der Waals surface area contributed by atoms with Crippen LogP contribution in [0.4, 0.5) is 0 Å². The molecular formula is C15H27NO. The first kappa shape index (κ1) is 15.8. The molecule has 1 N–H and O–H groups in total. The van der Waals surface area contributed by atoms with Crippen LogP contribution in [0.5, 0.6) is 0 Å². The van der Waals surface area contributed by atoms with Gasteiger partial charge in [0.05, 0.1) is 5.76 Å². The van der Waals surface area contributed by atoms with Crippen LogP contribution in [-0.4, -0.2) is 23.6 Å². The summed E-state index contributed by atoms with van der Waals surface area (Å²) in [7, 11) is 2.09. The van der Waals surface area contributed by atoms with Crippen molar-refractivity contribution < 1.29 is 5.11 Å². The molecule has 0 aromatic rings. The third kappa shape index (κ3) is 8.61. The number of hydrogen-bond donors (Lipinski definition) is 1. The molecule has 0 aromatic carbocycles. The van der Waals surface area contributed by atoms with E-state index in [1.54, 1.807) is 0 Å². The van der Waals surface area contributed by atoms with Gasteiger partial charge in [-0.15, -0.1) is 0 Å². The summed E-state index contributed by atoms with van der Waals surface area (Å²) in [6.07, 6.45) is 6.84. The summed E-state index contributed by atoms with van der Waals surface area (Å²) < 4.78 is 0. The topological polar surface area (TPSA) is 23.5 Å². The average molecular weight is 237 g/mol. The van der Waals surface area contributed by atoms with Gasteiger partial charge >= 0.3 is 0 Å². The Morgan fingerprint density at radius 1 is 1.24 bits per heavy atom. The molecule has 0 aliphatic rings. The lowest BCUT2D eigenvalue weighted by atomic mass is 10.0. The Morgan fingerprint density at radius 2 is 1.88 bits per heavy atom. The maximum absolute atomic E-state index is 9.00. The molecule has 0 aromatic heterocycles. The van der Waals surface area contributed by atoms with Crippen LogP contribution >= 0.6 is 0 Å². The summed E-state index contributed by atoms with van der Waals surface area (Å²) >= 11 is 0. The Labute approximate surface area is 106 Å². The van der Waals surface area contributed by atoms with Gasteiger partial charge in [0.25, 0.3) is 0 Å². The average Bonchev–Trinajstić information content (AvgIpc) is 2.27. The van der Waals surface area contributed by atoms with Crippen molar-refractivity contribution in [1.29, 1.82) is 0 Å². The summed E-state index contributed by atoms with van der Waals surface area (Å²) in [6.45, 7) is 12.9. The third-order valence-corrected chi connectivity index (χ3v) is 2.83. The Morgan fingerprint density at radius 3 is 2.35 bits per heavy atom. The second-order valence-electron chi connectivity index (χ2n) is 4.56. The maximum Gasteiger partial charge on any atom is 0.0851 e. The van der Waals surface area contributed by atoms with E-state index in [0.29, 0.717) is 6.42 Å². The second kappa shape index (κ2) is 8.91. The van der Waals surface area contributed by atoms with Crippen molar-refractivity contribution in [1.82, 2.24) is 4.90 Å². The molecule has 0 aliphatic carbocycles. The number of nitrogens with zero attached hydrogens (tertiary/aromatic N) is 1. The van der Waals surface area contributed by atoms with E-state index in [1.165, 1.54) is 11.1 Å². The summed E-state index contributed by atoms with van der Waals surface area (Å²) in [5.74, 6) is 0.273. The first-order chi connectivity index (χ1) is 7.99. The van der Waals surface area contributed by atoms with Crippen LogP contribution in [0.2, 0.25) is 0 Å². The molecule has 0 heterocycles. The van der Waals surface area contributed by atoms with Crippen molar-refractivity contribution in [3.8, 4) is 0 Å². The Balaban J connectivity index is 4.06. The van der Waals surface area contributed by atoms with E-state index >= 15 is 0 Å². The number of rotatable bonds is 9. The highest BCUT2D eigenvalue weighted by atomic mass is 16.3. The molecule has 0 spiro atoms. The van der Waals surface area contributed by atoms with E-state index in [-0.39, 0.29) is 5.76 Å². The Hall–Kier alpha value is -1.18. The van der Waals surface area contributed by atoms with Crippen molar-refractivity contribution in [2.24, 2.45) is 0 Å². The predicted octanol–water partition coefficient (Wildman–Crippen LogP) is 4.42. The van der Waals surface area contributed by atoms with E-state index in [0.717, 1.165) is 32.2 Å². The molecule has 0 aliphatic heterocycles. The van der Waals surface area contributed by atoms with Gasteiger partial charge in [0.1, 0.15) is 0 Å². The van der Waals surface area contributed by atoms with E-state index in [4.69, 9.17) is 5.11 Å². The fourth-order valence-corrected chi connectivity index (χ4v) is 1.62. The highest BCUT2D eigenvalue weighted by Gasteiger charge is 2.01. The SMILES string of the molecule is C=C(O)CCCC(=C)C/C(=C\N(C)CC)CC. The van der Waals surface area contributed by atoms with Gasteiger partial charge in [-0.3, -0.25) is 0 Å². The van der Waals surface area contributed by atoms with Gasteiger partial charge in [-0.2, -0.15) is 0 Å². The highest BCUT2D eigenvalue weighted by Crippen LogP contribution is 2.18. The molecule has 2 heteroatoms. The van der Waals surface area contributed by atoms with Crippen LogP contribution in [-0.2, 0) is 0 Å². The Bertz CT molecular complexity index is 279. The minimum absolute atomic E-state index is 0.273. The molecule has 0 rings (SSSR count). The molecule has 0 radical (unpaired) electrons. The molecule has 0 bridgehead atoms. The number of aliphatic hydroxyl groups is 1. The van der Waals surface area contributed by atoms with Crippen molar-refractivity contribution in [2.75, 3.05) is 13.6 Å². The molecular weight excluding hydrogens is 210 g/mol. The van der Waals surface area contributed by atoms with Gasteiger partial charge in [0.2, 0.25) is 0 Å². The van der Waals surface area contributed by atoms with Crippen molar-refractivity contribution in [2.45, 2.75) is 46.0 Å². The molecule has 17 heavy (non-hydrogen) atoms. The summed E-state index contributed by atoms with van der Waals surface area (Å²) in [6, 6.07) is 0. The quantitative estimate of drug-likeness (QED) is 0.474. The van der Waals surface area contributed by atoms with Gasteiger partial charge in [-0.25, -0.2) is 0 Å². The van der Waals surface area contributed by atoms with Gasteiger partial charge in [0.15, 0.2) is 0 Å². The first-order valence-corrected chi connectivity index (χ1v) is 6.42. The lowest BCUT2D eigenvalue weighted by Crippen LogP contribution is -2.10. The van der Waals surface area contributed by atoms with Crippen LogP contribution in [0.15, 0.2) is 36.3 Å². The fraction of sp³-hybridized carbons (Fsp3) is 0.600. The van der Waals surface area contributed by atoms with Gasteiger partial charge in [-0.1, -0.05) is 31.2 Å². The smallest absolute Gasteiger partial charge is 0.0851 e. The van der Waals surface area contributed by atoms with Gasteiger partial charge in [-0.05, 0) is 38.8 Å². The molecule has 0 amide bonds. The molecule has 2 nitrogen and oxygen atoms in total. The lowest BCUT2D eigenvalue weighted by Gasteiger charge is -2.15. The second-order valence-corrected chi connectivity index (χ2v) is 4.56. The van der Waals surface area contributed by atoms with Crippen LogP contribution in [0.1, 0.15) is 46.0 Å². The lowest BCUT2D eigenvalue weighted by molar-refractivity contribution is 0.386. The van der Waals surface area contributed by atoms with Crippen molar-refractivity contribution >= 4 is 0 Å². The maximum atomic E-state index is 9.00. The summed E-state index contributed by atoms with van der Waals surface area (Å²) in [5.41, 5.74) is 2.66. The molecule has 0 saturated heterocycles. The fourth-order valence-electron chi connectivity index (χ4n) is 1.62. The van der Waals surface area contributed by atoms with Crippen LogP contribution < -0.4 is 0 Å². The molecule has 0 atom stereocenters. The van der Waals surface area contributed by atoms with Gasteiger partial charge in [0, 0.05) is 20.0 Å². The zero-order valence-electron chi connectivity index (χ0n) is 11.6. The zero-order chi connectivity index (χ0) is 13.3. The Kier molecular flexibility index (Phi) is 8.29. The number of aliphatic hydroxyl groups excluding tert-OH is 1. The first-order valence-electron chi connectivity index (χ1n) is 6.42.